The molecule has 4 nitrogen and oxygen atoms in total. The molecule has 0 fully saturated rings. The molecule has 0 saturated carbocycles. The van der Waals surface area contributed by atoms with Crippen LogP contribution in [0.1, 0.15) is 24.9 Å². The summed E-state index contributed by atoms with van der Waals surface area (Å²) in [5, 5.41) is 9.15. The van der Waals surface area contributed by atoms with E-state index in [-0.39, 0.29) is 5.91 Å². The zero-order valence-electron chi connectivity index (χ0n) is 10.3. The van der Waals surface area contributed by atoms with Crippen LogP contribution in [0, 0.1) is 11.3 Å². The first-order valence-corrected chi connectivity index (χ1v) is 5.43. The minimum atomic E-state index is -0.548. The molecular formula is C13H16N2O2. The van der Waals surface area contributed by atoms with Crippen LogP contribution < -0.4 is 4.74 Å². The van der Waals surface area contributed by atoms with Gasteiger partial charge in [0, 0.05) is 13.5 Å². The SMILES string of the molecule is CCC(=O)N(C)C(C#N)c1ccc(OC)cc1. The third-order valence-corrected chi connectivity index (χ3v) is 2.64. The van der Waals surface area contributed by atoms with E-state index < -0.39 is 6.04 Å². The summed E-state index contributed by atoms with van der Waals surface area (Å²) in [7, 11) is 3.23. The average molecular weight is 232 g/mol. The fraction of sp³-hybridized carbons (Fsp3) is 0.385. The van der Waals surface area contributed by atoms with Gasteiger partial charge >= 0.3 is 0 Å². The molecular weight excluding hydrogens is 216 g/mol. The molecule has 1 unspecified atom stereocenters. The van der Waals surface area contributed by atoms with Gasteiger partial charge in [0.25, 0.3) is 0 Å². The fourth-order valence-electron chi connectivity index (χ4n) is 1.56. The molecule has 0 radical (unpaired) electrons. The number of rotatable bonds is 4. The number of hydrogen-bond donors (Lipinski definition) is 0. The number of methoxy groups -OCH3 is 1. The van der Waals surface area contributed by atoms with Crippen molar-refractivity contribution in [2.45, 2.75) is 19.4 Å². The van der Waals surface area contributed by atoms with Crippen molar-refractivity contribution in [1.82, 2.24) is 4.90 Å². The second kappa shape index (κ2) is 5.90. The summed E-state index contributed by atoms with van der Waals surface area (Å²) in [4.78, 5) is 13.0. The number of benzene rings is 1. The molecule has 0 aliphatic carbocycles. The van der Waals surface area contributed by atoms with Gasteiger partial charge in [-0.3, -0.25) is 4.79 Å². The summed E-state index contributed by atoms with van der Waals surface area (Å²) in [6.45, 7) is 1.78. The van der Waals surface area contributed by atoms with Crippen LogP contribution in [-0.4, -0.2) is 25.0 Å². The number of amides is 1. The summed E-state index contributed by atoms with van der Waals surface area (Å²) in [5.41, 5.74) is 0.789. The van der Waals surface area contributed by atoms with Crippen molar-refractivity contribution in [2.75, 3.05) is 14.2 Å². The minimum Gasteiger partial charge on any atom is -0.497 e. The van der Waals surface area contributed by atoms with Crippen LogP contribution in [0.5, 0.6) is 5.75 Å². The molecule has 0 heterocycles. The van der Waals surface area contributed by atoms with E-state index in [2.05, 4.69) is 6.07 Å². The summed E-state index contributed by atoms with van der Waals surface area (Å²) >= 11 is 0. The fourth-order valence-corrected chi connectivity index (χ4v) is 1.56. The molecule has 0 saturated heterocycles. The van der Waals surface area contributed by atoms with Crippen molar-refractivity contribution in [3.05, 3.63) is 29.8 Å². The highest BCUT2D eigenvalue weighted by molar-refractivity contribution is 5.76. The van der Waals surface area contributed by atoms with E-state index >= 15 is 0 Å². The second-order valence-electron chi connectivity index (χ2n) is 3.66. The number of nitrogens with zero attached hydrogens (tertiary/aromatic N) is 2. The zero-order valence-corrected chi connectivity index (χ0v) is 10.3. The van der Waals surface area contributed by atoms with Gasteiger partial charge in [-0.2, -0.15) is 5.26 Å². The number of carbonyl (C=O) groups excluding carboxylic acids is 1. The number of hydrogen-bond acceptors (Lipinski definition) is 3. The Kier molecular flexibility index (Phi) is 4.53. The first-order valence-electron chi connectivity index (χ1n) is 5.43. The van der Waals surface area contributed by atoms with Crippen LogP contribution in [0.2, 0.25) is 0 Å². The van der Waals surface area contributed by atoms with Crippen LogP contribution in [0.4, 0.5) is 0 Å². The Morgan fingerprint density at radius 1 is 1.47 bits per heavy atom. The lowest BCUT2D eigenvalue weighted by Gasteiger charge is -2.22. The maximum Gasteiger partial charge on any atom is 0.223 e. The van der Waals surface area contributed by atoms with E-state index in [1.54, 1.807) is 45.3 Å². The molecule has 1 aromatic carbocycles. The molecule has 0 spiro atoms. The van der Waals surface area contributed by atoms with Gasteiger partial charge in [-0.05, 0) is 17.7 Å². The monoisotopic (exact) mass is 232 g/mol. The Labute approximate surface area is 101 Å². The maximum absolute atomic E-state index is 11.6. The standard InChI is InChI=1S/C13H16N2O2/c1-4-13(16)15(2)12(9-14)10-5-7-11(17-3)8-6-10/h5-8,12H,4H2,1-3H3. The summed E-state index contributed by atoms with van der Waals surface area (Å²) in [6.07, 6.45) is 0.394. The van der Waals surface area contributed by atoms with Crippen molar-refractivity contribution in [2.24, 2.45) is 0 Å². The van der Waals surface area contributed by atoms with Crippen molar-refractivity contribution in [3.8, 4) is 11.8 Å². The molecule has 1 amide bonds. The highest BCUT2D eigenvalue weighted by Gasteiger charge is 2.19. The van der Waals surface area contributed by atoms with Gasteiger partial charge in [0.05, 0.1) is 13.2 Å². The van der Waals surface area contributed by atoms with Crippen LogP contribution >= 0.6 is 0 Å². The van der Waals surface area contributed by atoms with Crippen LogP contribution in [0.25, 0.3) is 0 Å². The lowest BCUT2D eigenvalue weighted by Crippen LogP contribution is -2.29. The Morgan fingerprint density at radius 3 is 2.47 bits per heavy atom. The van der Waals surface area contributed by atoms with E-state index in [1.807, 2.05) is 0 Å². The van der Waals surface area contributed by atoms with Gasteiger partial charge in [-0.1, -0.05) is 19.1 Å². The third kappa shape index (κ3) is 2.97. The first-order chi connectivity index (χ1) is 8.13. The van der Waals surface area contributed by atoms with Crippen molar-refractivity contribution >= 4 is 5.91 Å². The van der Waals surface area contributed by atoms with Crippen LogP contribution in [0.3, 0.4) is 0 Å². The maximum atomic E-state index is 11.6. The summed E-state index contributed by atoms with van der Waals surface area (Å²) in [5.74, 6) is 0.683. The van der Waals surface area contributed by atoms with Gasteiger partial charge in [0.1, 0.15) is 11.8 Å². The van der Waals surface area contributed by atoms with E-state index in [9.17, 15) is 4.79 Å². The smallest absolute Gasteiger partial charge is 0.223 e. The third-order valence-electron chi connectivity index (χ3n) is 2.64. The Bertz CT molecular complexity index is 420. The quantitative estimate of drug-likeness (QED) is 0.799. The molecule has 1 rings (SSSR count). The van der Waals surface area contributed by atoms with E-state index in [0.29, 0.717) is 6.42 Å². The largest absolute Gasteiger partial charge is 0.497 e. The Hall–Kier alpha value is -2.02. The molecule has 0 aliphatic rings. The van der Waals surface area contributed by atoms with E-state index in [0.717, 1.165) is 11.3 Å². The van der Waals surface area contributed by atoms with Gasteiger partial charge in [-0.15, -0.1) is 0 Å². The summed E-state index contributed by atoms with van der Waals surface area (Å²) in [6, 6.07) is 8.75. The average Bonchev–Trinajstić information content (AvgIpc) is 2.39. The topological polar surface area (TPSA) is 53.3 Å². The lowest BCUT2D eigenvalue weighted by atomic mass is 10.1. The number of nitriles is 1. The predicted molar refractivity (Wildman–Crippen MR) is 64.4 cm³/mol. The minimum absolute atomic E-state index is 0.0487. The Balaban J connectivity index is 2.94. The molecule has 17 heavy (non-hydrogen) atoms. The van der Waals surface area contributed by atoms with Crippen LogP contribution in [-0.2, 0) is 4.79 Å². The first kappa shape index (κ1) is 13.0. The number of ether oxygens (including phenoxy) is 1. The van der Waals surface area contributed by atoms with E-state index in [1.165, 1.54) is 4.90 Å². The van der Waals surface area contributed by atoms with Gasteiger partial charge < -0.3 is 9.64 Å². The van der Waals surface area contributed by atoms with Gasteiger partial charge in [-0.25, -0.2) is 0 Å². The number of carbonyl (C=O) groups is 1. The molecule has 0 aliphatic heterocycles. The zero-order chi connectivity index (χ0) is 12.8. The molecule has 1 aromatic rings. The van der Waals surface area contributed by atoms with Gasteiger partial charge in [0.15, 0.2) is 0 Å². The molecule has 0 N–H and O–H groups in total. The molecule has 1 atom stereocenters. The van der Waals surface area contributed by atoms with Crippen molar-refractivity contribution < 1.29 is 9.53 Å². The van der Waals surface area contributed by atoms with Crippen molar-refractivity contribution in [3.63, 3.8) is 0 Å². The normalized spacial score (nSPS) is 11.4. The predicted octanol–water partition coefficient (Wildman–Crippen LogP) is 2.13. The second-order valence-corrected chi connectivity index (χ2v) is 3.66. The van der Waals surface area contributed by atoms with Gasteiger partial charge in [0.2, 0.25) is 5.91 Å². The Morgan fingerprint density at radius 2 is 2.06 bits per heavy atom. The van der Waals surface area contributed by atoms with Crippen molar-refractivity contribution in [1.29, 1.82) is 5.26 Å². The lowest BCUT2D eigenvalue weighted by molar-refractivity contribution is -0.130. The molecule has 0 aromatic heterocycles. The summed E-state index contributed by atoms with van der Waals surface area (Å²) < 4.78 is 5.05. The molecule has 90 valence electrons. The highest BCUT2D eigenvalue weighted by atomic mass is 16.5. The molecule has 0 bridgehead atoms. The highest BCUT2D eigenvalue weighted by Crippen LogP contribution is 2.21. The molecule has 4 heteroatoms. The van der Waals surface area contributed by atoms with E-state index in [4.69, 9.17) is 10.00 Å². The van der Waals surface area contributed by atoms with Crippen LogP contribution in [0.15, 0.2) is 24.3 Å².